The number of hydrogen-bond acceptors (Lipinski definition) is 3. The number of hydrogen-bond donors (Lipinski definition) is 0. The van der Waals surface area contributed by atoms with Crippen LogP contribution in [0.1, 0.15) is 54.0 Å². The summed E-state index contributed by atoms with van der Waals surface area (Å²) in [7, 11) is 0. The molecule has 0 saturated carbocycles. The highest BCUT2D eigenvalue weighted by Crippen LogP contribution is 2.41. The van der Waals surface area contributed by atoms with Gasteiger partial charge in [-0.2, -0.15) is 0 Å². The fourth-order valence-corrected chi connectivity index (χ4v) is 13.3. The average molecular weight is 1060 g/mol. The van der Waals surface area contributed by atoms with E-state index in [1.165, 1.54) is 77.1 Å². The molecular formula is C76H56N4O2. The van der Waals surface area contributed by atoms with Gasteiger partial charge in [-0.3, -0.25) is 4.57 Å². The van der Waals surface area contributed by atoms with E-state index in [1.54, 1.807) is 0 Å². The molecule has 0 aliphatic carbocycles. The van der Waals surface area contributed by atoms with E-state index in [0.29, 0.717) is 5.92 Å². The van der Waals surface area contributed by atoms with Crippen molar-refractivity contribution in [1.29, 1.82) is 0 Å². The van der Waals surface area contributed by atoms with Crippen molar-refractivity contribution in [3.63, 3.8) is 0 Å². The van der Waals surface area contributed by atoms with Crippen molar-refractivity contribution in [3.8, 4) is 50.7 Å². The van der Waals surface area contributed by atoms with Crippen molar-refractivity contribution in [1.82, 2.24) is 18.7 Å². The second kappa shape index (κ2) is 18.7. The van der Waals surface area contributed by atoms with Gasteiger partial charge in [0, 0.05) is 72.4 Å². The van der Waals surface area contributed by atoms with Gasteiger partial charge in [0.2, 0.25) is 0 Å². The smallest absolute Gasteiger partial charge is 0.144 e. The highest BCUT2D eigenvalue weighted by atomic mass is 16.3. The fraction of sp³-hybridized carbons (Fsp3) is 0.0921. The van der Waals surface area contributed by atoms with E-state index in [0.717, 1.165) is 102 Å². The first-order valence-corrected chi connectivity index (χ1v) is 28.6. The molecule has 0 aliphatic heterocycles. The summed E-state index contributed by atoms with van der Waals surface area (Å²) < 4.78 is 20.1. The van der Waals surface area contributed by atoms with Crippen molar-refractivity contribution in [2.75, 3.05) is 0 Å². The Morgan fingerprint density at radius 2 is 0.902 bits per heavy atom. The van der Waals surface area contributed by atoms with Crippen LogP contribution in [0.25, 0.3) is 138 Å². The Hall–Kier alpha value is -10.2. The number of para-hydroxylation sites is 2. The van der Waals surface area contributed by atoms with Gasteiger partial charge in [0.05, 0.1) is 27.8 Å². The predicted octanol–water partition coefficient (Wildman–Crippen LogP) is 20.6. The van der Waals surface area contributed by atoms with Gasteiger partial charge in [0.1, 0.15) is 28.2 Å². The molecule has 16 aromatic rings. The number of furan rings is 2. The topological polar surface area (TPSA) is 54.0 Å². The zero-order valence-corrected chi connectivity index (χ0v) is 46.1. The fourth-order valence-electron chi connectivity index (χ4n) is 13.3. The molecule has 0 radical (unpaired) electrons. The van der Waals surface area contributed by atoms with Gasteiger partial charge in [-0.25, -0.2) is 4.98 Å². The van der Waals surface area contributed by atoms with E-state index in [1.807, 2.05) is 12.3 Å². The van der Waals surface area contributed by atoms with E-state index in [9.17, 15) is 0 Å². The van der Waals surface area contributed by atoms with Crippen LogP contribution in [0.4, 0.5) is 0 Å². The van der Waals surface area contributed by atoms with Crippen LogP contribution >= 0.6 is 0 Å². The van der Waals surface area contributed by atoms with Crippen molar-refractivity contribution in [2.24, 2.45) is 0 Å². The molecule has 0 bridgehead atoms. The summed E-state index contributed by atoms with van der Waals surface area (Å²) in [6.07, 6.45) is 5.90. The lowest BCUT2D eigenvalue weighted by Gasteiger charge is -2.16. The highest BCUT2D eigenvalue weighted by Gasteiger charge is 2.20. The van der Waals surface area contributed by atoms with Crippen LogP contribution in [0.3, 0.4) is 0 Å². The molecular weight excluding hydrogens is 1000 g/mol. The van der Waals surface area contributed by atoms with Gasteiger partial charge >= 0.3 is 0 Å². The molecule has 1 atom stereocenters. The minimum absolute atomic E-state index is 0.501. The number of rotatable bonds is 10. The van der Waals surface area contributed by atoms with Crippen molar-refractivity contribution in [2.45, 2.75) is 46.5 Å². The molecule has 5 aromatic heterocycles. The zero-order valence-electron chi connectivity index (χ0n) is 46.1. The van der Waals surface area contributed by atoms with Crippen molar-refractivity contribution in [3.05, 3.63) is 265 Å². The summed E-state index contributed by atoms with van der Waals surface area (Å²) >= 11 is 0. The van der Waals surface area contributed by atoms with Gasteiger partial charge in [-0.15, -0.1) is 0 Å². The van der Waals surface area contributed by atoms with Gasteiger partial charge < -0.3 is 18.0 Å². The van der Waals surface area contributed by atoms with Gasteiger partial charge in [0.15, 0.2) is 0 Å². The quantitative estimate of drug-likeness (QED) is 0.137. The number of nitrogens with zero attached hydrogens (tertiary/aromatic N) is 4. The standard InChI is InChI=1S/C76H56N4O2/c1-5-46(2)52-23-29-70-62(41-52)60-19-10-12-21-68(60)80(70)58-27-33-74-66(45-58)64-43-56(25-31-72(64)82-74)54-17-13-16-53(40-54)55-24-30-71-63(42-55)65-44-57(26-32-73(65)81-71)79-67-20-11-9-18-59(67)61-39-49(22-28-69(61)79)38-50-36-47(3)75(48(4)37-50)78-35-34-77-76(78)51-14-7-6-8-15-51/h6-37,39-46H,5,38H2,1-4H3. The molecule has 6 nitrogen and oxygen atoms in total. The lowest BCUT2D eigenvalue weighted by Crippen LogP contribution is -2.03. The molecule has 0 fully saturated rings. The normalized spacial score (nSPS) is 12.4. The summed E-state index contributed by atoms with van der Waals surface area (Å²) in [6.45, 7) is 9.01. The van der Waals surface area contributed by atoms with E-state index in [-0.39, 0.29) is 0 Å². The van der Waals surface area contributed by atoms with E-state index in [4.69, 9.17) is 13.8 Å². The molecule has 0 aliphatic rings. The van der Waals surface area contributed by atoms with E-state index in [2.05, 4.69) is 266 Å². The van der Waals surface area contributed by atoms with Crippen LogP contribution in [0, 0.1) is 13.8 Å². The second-order valence-electron chi connectivity index (χ2n) is 22.5. The SMILES string of the molecule is CCC(C)c1ccc2c(c1)c1ccccc1n2-c1ccc2oc3ccc(-c4cccc(-c5ccc6oc7ccc(-n8c9ccccc9c9cc(Cc%10cc(C)c(-n%11ccnc%11-c%11ccccc%11)c(C)c%10)ccc98)cc7c6c5)c4)cc3c2c1. The molecule has 82 heavy (non-hydrogen) atoms. The van der Waals surface area contributed by atoms with Crippen LogP contribution in [-0.4, -0.2) is 18.7 Å². The maximum Gasteiger partial charge on any atom is 0.144 e. The molecule has 0 N–H and O–H groups in total. The van der Waals surface area contributed by atoms with E-state index < -0.39 is 0 Å². The molecule has 6 heteroatoms. The Balaban J connectivity index is 0.723. The Morgan fingerprint density at radius 3 is 1.50 bits per heavy atom. The van der Waals surface area contributed by atoms with Gasteiger partial charge in [-0.05, 0) is 186 Å². The minimum Gasteiger partial charge on any atom is -0.456 e. The van der Waals surface area contributed by atoms with Crippen LogP contribution in [0.5, 0.6) is 0 Å². The Kier molecular flexibility index (Phi) is 10.9. The number of fused-ring (bicyclic) bond motifs is 12. The monoisotopic (exact) mass is 1060 g/mol. The Labute approximate surface area is 474 Å². The Morgan fingerprint density at radius 1 is 0.402 bits per heavy atom. The maximum atomic E-state index is 6.56. The third-order valence-electron chi connectivity index (χ3n) is 17.4. The summed E-state index contributed by atoms with van der Waals surface area (Å²) in [5.41, 5.74) is 23.7. The molecule has 5 heterocycles. The molecule has 392 valence electrons. The molecule has 0 saturated heterocycles. The van der Waals surface area contributed by atoms with Crippen molar-refractivity contribution < 1.29 is 8.83 Å². The number of imidazole rings is 1. The summed E-state index contributed by atoms with van der Waals surface area (Å²) in [4.78, 5) is 4.75. The molecule has 16 rings (SSSR count). The Bertz CT molecular complexity index is 5210. The predicted molar refractivity (Wildman–Crippen MR) is 341 cm³/mol. The molecule has 0 amide bonds. The minimum atomic E-state index is 0.501. The highest BCUT2D eigenvalue weighted by molar-refractivity contribution is 6.13. The lowest BCUT2D eigenvalue weighted by molar-refractivity contribution is 0.668. The first-order chi connectivity index (χ1) is 40.3. The molecule has 11 aromatic carbocycles. The van der Waals surface area contributed by atoms with Gasteiger partial charge in [-0.1, -0.05) is 135 Å². The van der Waals surface area contributed by atoms with Crippen LogP contribution in [0.15, 0.2) is 246 Å². The van der Waals surface area contributed by atoms with E-state index >= 15 is 0 Å². The molecule has 1 unspecified atom stereocenters. The first-order valence-electron chi connectivity index (χ1n) is 28.6. The largest absolute Gasteiger partial charge is 0.456 e. The second-order valence-corrected chi connectivity index (χ2v) is 22.5. The zero-order chi connectivity index (χ0) is 54.7. The third-order valence-corrected chi connectivity index (χ3v) is 17.4. The lowest BCUT2D eigenvalue weighted by atomic mass is 9.97. The molecule has 0 spiro atoms. The van der Waals surface area contributed by atoms with Crippen molar-refractivity contribution >= 4 is 87.5 Å². The number of aryl methyl sites for hydroxylation is 2. The third kappa shape index (κ3) is 7.66. The maximum absolute atomic E-state index is 6.56. The number of benzene rings is 11. The number of aromatic nitrogens is 4. The summed E-state index contributed by atoms with van der Waals surface area (Å²) in [5, 5.41) is 9.40. The average Bonchev–Trinajstić information content (AvgIpc) is 4.55. The first kappa shape index (κ1) is 47.8. The van der Waals surface area contributed by atoms with Gasteiger partial charge in [0.25, 0.3) is 0 Å². The summed E-state index contributed by atoms with van der Waals surface area (Å²) in [5.74, 6) is 1.45. The van der Waals surface area contributed by atoms with Crippen LogP contribution < -0.4 is 0 Å². The van der Waals surface area contributed by atoms with Crippen LogP contribution in [0.2, 0.25) is 0 Å². The summed E-state index contributed by atoms with van der Waals surface area (Å²) in [6, 6.07) is 82.0. The van der Waals surface area contributed by atoms with Crippen LogP contribution in [-0.2, 0) is 6.42 Å².